The molecule has 1 aromatic carbocycles. The van der Waals surface area contributed by atoms with Gasteiger partial charge in [-0.05, 0) is 41.4 Å². The minimum Gasteiger partial charge on any atom is -0.425 e. The van der Waals surface area contributed by atoms with Crippen molar-refractivity contribution in [2.45, 2.75) is 20.4 Å². The Labute approximate surface area is 103 Å². The third-order valence-corrected chi connectivity index (χ3v) is 2.73. The van der Waals surface area contributed by atoms with Gasteiger partial charge in [-0.1, -0.05) is 18.2 Å². The number of imidazole rings is 1. The maximum atomic E-state index is 5.77. The molecule has 3 nitrogen and oxygen atoms in total. The summed E-state index contributed by atoms with van der Waals surface area (Å²) in [4.78, 5) is 4.28. The quantitative estimate of drug-likeness (QED) is 0.856. The van der Waals surface area contributed by atoms with E-state index in [1.807, 2.05) is 42.0 Å². The molecule has 0 amide bonds. The summed E-state index contributed by atoms with van der Waals surface area (Å²) >= 11 is 3.34. The lowest BCUT2D eigenvalue weighted by Gasteiger charge is -2.08. The zero-order chi connectivity index (χ0) is 11.5. The van der Waals surface area contributed by atoms with Gasteiger partial charge in [-0.3, -0.25) is 4.57 Å². The summed E-state index contributed by atoms with van der Waals surface area (Å²) in [6.07, 6.45) is 1.91. The largest absolute Gasteiger partial charge is 0.425 e. The molecule has 0 unspecified atom stereocenters. The van der Waals surface area contributed by atoms with Gasteiger partial charge >= 0.3 is 6.01 Å². The Hall–Kier alpha value is -1.29. The number of nitrogens with zero attached hydrogens (tertiary/aromatic N) is 2. The van der Waals surface area contributed by atoms with Crippen LogP contribution < -0.4 is 4.74 Å². The fourth-order valence-corrected chi connectivity index (χ4v) is 1.84. The van der Waals surface area contributed by atoms with Crippen molar-refractivity contribution in [1.82, 2.24) is 9.55 Å². The molecule has 0 N–H and O–H groups in total. The summed E-state index contributed by atoms with van der Waals surface area (Å²) in [7, 11) is 0. The minimum absolute atomic E-state index is 0.615. The zero-order valence-electron chi connectivity index (χ0n) is 9.27. The number of para-hydroxylation sites is 1. The smallest absolute Gasteiger partial charge is 0.302 e. The normalized spacial score (nSPS) is 10.4. The molecule has 0 fully saturated rings. The first-order valence-electron chi connectivity index (χ1n) is 5.17. The topological polar surface area (TPSA) is 27.1 Å². The van der Waals surface area contributed by atoms with Crippen molar-refractivity contribution in [1.29, 1.82) is 0 Å². The van der Waals surface area contributed by atoms with Crippen LogP contribution in [-0.2, 0) is 6.54 Å². The molecular formula is C12H13BrN2O. The molecule has 4 heteroatoms. The Morgan fingerprint density at radius 2 is 2.12 bits per heavy atom. The molecule has 84 valence electrons. The Morgan fingerprint density at radius 1 is 1.38 bits per heavy atom. The summed E-state index contributed by atoms with van der Waals surface area (Å²) in [5, 5.41) is 0. The van der Waals surface area contributed by atoms with Crippen LogP contribution in [0.25, 0.3) is 0 Å². The first kappa shape index (κ1) is 11.2. The number of benzene rings is 1. The second-order valence-corrected chi connectivity index (χ2v) is 4.31. The van der Waals surface area contributed by atoms with E-state index in [2.05, 4.69) is 27.8 Å². The lowest BCUT2D eigenvalue weighted by atomic mass is 10.2. The fourth-order valence-electron chi connectivity index (χ4n) is 1.45. The van der Waals surface area contributed by atoms with Gasteiger partial charge in [0.15, 0.2) is 0 Å². The first-order valence-corrected chi connectivity index (χ1v) is 5.96. The molecule has 0 radical (unpaired) electrons. The van der Waals surface area contributed by atoms with E-state index in [4.69, 9.17) is 4.74 Å². The van der Waals surface area contributed by atoms with Gasteiger partial charge in [0.2, 0.25) is 0 Å². The number of halogens is 1. The van der Waals surface area contributed by atoms with Gasteiger partial charge in [0.05, 0.1) is 0 Å². The van der Waals surface area contributed by atoms with Crippen LogP contribution in [0, 0.1) is 6.92 Å². The molecule has 2 aromatic rings. The SMILES string of the molecule is CCn1cc(Br)nc1Oc1ccccc1C. The van der Waals surface area contributed by atoms with E-state index in [1.165, 1.54) is 0 Å². The number of ether oxygens (including phenoxy) is 1. The van der Waals surface area contributed by atoms with Gasteiger partial charge in [-0.2, -0.15) is 4.98 Å². The van der Waals surface area contributed by atoms with Crippen molar-refractivity contribution in [2.75, 3.05) is 0 Å². The third kappa shape index (κ3) is 2.27. The Kier molecular flexibility index (Phi) is 3.29. The monoisotopic (exact) mass is 280 g/mol. The summed E-state index contributed by atoms with van der Waals surface area (Å²) in [6.45, 7) is 4.91. The zero-order valence-corrected chi connectivity index (χ0v) is 10.9. The van der Waals surface area contributed by atoms with E-state index < -0.39 is 0 Å². The summed E-state index contributed by atoms with van der Waals surface area (Å²) in [5.41, 5.74) is 1.10. The lowest BCUT2D eigenvalue weighted by molar-refractivity contribution is 0.412. The lowest BCUT2D eigenvalue weighted by Crippen LogP contribution is -1.97. The fraction of sp³-hybridized carbons (Fsp3) is 0.250. The molecule has 16 heavy (non-hydrogen) atoms. The van der Waals surface area contributed by atoms with Crippen molar-refractivity contribution in [3.63, 3.8) is 0 Å². The summed E-state index contributed by atoms with van der Waals surface area (Å²) < 4.78 is 8.52. The van der Waals surface area contributed by atoms with Crippen LogP contribution in [0.1, 0.15) is 12.5 Å². The van der Waals surface area contributed by atoms with E-state index in [0.29, 0.717) is 6.01 Å². The number of hydrogen-bond donors (Lipinski definition) is 0. The van der Waals surface area contributed by atoms with E-state index in [0.717, 1.165) is 22.5 Å². The minimum atomic E-state index is 0.615. The van der Waals surface area contributed by atoms with Crippen LogP contribution in [0.2, 0.25) is 0 Å². The van der Waals surface area contributed by atoms with Crippen LogP contribution in [0.15, 0.2) is 35.1 Å². The van der Waals surface area contributed by atoms with E-state index >= 15 is 0 Å². The average molecular weight is 281 g/mol. The number of aromatic nitrogens is 2. The van der Waals surface area contributed by atoms with Crippen LogP contribution in [-0.4, -0.2) is 9.55 Å². The number of aryl methyl sites for hydroxylation is 2. The number of hydrogen-bond acceptors (Lipinski definition) is 2. The molecule has 0 spiro atoms. The van der Waals surface area contributed by atoms with Crippen LogP contribution in [0.4, 0.5) is 0 Å². The van der Waals surface area contributed by atoms with Gasteiger partial charge in [-0.25, -0.2) is 0 Å². The molecule has 2 rings (SSSR count). The maximum absolute atomic E-state index is 5.77. The van der Waals surface area contributed by atoms with E-state index in [-0.39, 0.29) is 0 Å². The number of rotatable bonds is 3. The molecule has 0 saturated heterocycles. The second kappa shape index (κ2) is 4.70. The van der Waals surface area contributed by atoms with Crippen molar-refractivity contribution in [2.24, 2.45) is 0 Å². The van der Waals surface area contributed by atoms with Crippen LogP contribution >= 0.6 is 15.9 Å². The van der Waals surface area contributed by atoms with Crippen LogP contribution in [0.5, 0.6) is 11.8 Å². The summed E-state index contributed by atoms with van der Waals surface area (Å²) in [6, 6.07) is 8.52. The molecule has 1 aromatic heterocycles. The Morgan fingerprint density at radius 3 is 2.81 bits per heavy atom. The van der Waals surface area contributed by atoms with Gasteiger partial charge < -0.3 is 4.74 Å². The predicted molar refractivity (Wildman–Crippen MR) is 66.9 cm³/mol. The van der Waals surface area contributed by atoms with Gasteiger partial charge in [0.1, 0.15) is 10.4 Å². The highest BCUT2D eigenvalue weighted by atomic mass is 79.9. The molecule has 1 heterocycles. The first-order chi connectivity index (χ1) is 7.70. The molecule has 0 aliphatic rings. The van der Waals surface area contributed by atoms with Crippen molar-refractivity contribution >= 4 is 15.9 Å². The molecule has 0 atom stereocenters. The summed E-state index contributed by atoms with van der Waals surface area (Å²) in [5.74, 6) is 0.843. The molecule has 0 aliphatic carbocycles. The van der Waals surface area contributed by atoms with Gasteiger partial charge in [0.25, 0.3) is 0 Å². The Balaban J connectivity index is 2.30. The Bertz CT molecular complexity index is 494. The highest BCUT2D eigenvalue weighted by Gasteiger charge is 2.08. The molecular weight excluding hydrogens is 268 g/mol. The maximum Gasteiger partial charge on any atom is 0.302 e. The standard InChI is InChI=1S/C12H13BrN2O/c1-3-15-8-11(13)14-12(15)16-10-7-5-4-6-9(10)2/h4-8H,3H2,1-2H3. The van der Waals surface area contributed by atoms with Crippen molar-refractivity contribution in [3.8, 4) is 11.8 Å². The average Bonchev–Trinajstić information content (AvgIpc) is 2.62. The highest BCUT2D eigenvalue weighted by molar-refractivity contribution is 9.10. The highest BCUT2D eigenvalue weighted by Crippen LogP contribution is 2.25. The predicted octanol–water partition coefficient (Wildman–Crippen LogP) is 3.77. The molecule has 0 saturated carbocycles. The second-order valence-electron chi connectivity index (χ2n) is 3.50. The van der Waals surface area contributed by atoms with E-state index in [9.17, 15) is 0 Å². The van der Waals surface area contributed by atoms with Gasteiger partial charge in [-0.15, -0.1) is 0 Å². The molecule has 0 aliphatic heterocycles. The molecule has 0 bridgehead atoms. The van der Waals surface area contributed by atoms with E-state index in [1.54, 1.807) is 0 Å². The van der Waals surface area contributed by atoms with Crippen molar-refractivity contribution < 1.29 is 4.74 Å². The third-order valence-electron chi connectivity index (χ3n) is 2.35. The van der Waals surface area contributed by atoms with Gasteiger partial charge in [0, 0.05) is 12.7 Å². The van der Waals surface area contributed by atoms with Crippen LogP contribution in [0.3, 0.4) is 0 Å². The van der Waals surface area contributed by atoms with Crippen molar-refractivity contribution in [3.05, 3.63) is 40.6 Å².